The van der Waals surface area contributed by atoms with Gasteiger partial charge in [-0.3, -0.25) is 0 Å². The average molecular weight is 225 g/mol. The van der Waals surface area contributed by atoms with Gasteiger partial charge in [0, 0.05) is 22.8 Å². The molecule has 0 bridgehead atoms. The lowest BCUT2D eigenvalue weighted by atomic mass is 9.91. The largest absolute Gasteiger partial charge is 0.381 e. The molecule has 0 spiro atoms. The van der Waals surface area contributed by atoms with Gasteiger partial charge < -0.3 is 11.1 Å². The highest BCUT2D eigenvalue weighted by atomic mass is 35.5. The van der Waals surface area contributed by atoms with Crippen molar-refractivity contribution in [1.82, 2.24) is 0 Å². The molecular weight excluding hydrogens is 208 g/mol. The molecule has 0 radical (unpaired) electrons. The summed E-state index contributed by atoms with van der Waals surface area (Å²) in [6.45, 7) is 0. The number of rotatable bonds is 2. The fourth-order valence-electron chi connectivity index (χ4n) is 2.13. The Balaban J connectivity index is 2.01. The first-order valence-electron chi connectivity index (χ1n) is 5.53. The van der Waals surface area contributed by atoms with Crippen LogP contribution in [0.5, 0.6) is 0 Å². The van der Waals surface area contributed by atoms with Crippen molar-refractivity contribution in [2.75, 3.05) is 5.32 Å². The van der Waals surface area contributed by atoms with Crippen LogP contribution in [0.3, 0.4) is 0 Å². The van der Waals surface area contributed by atoms with Gasteiger partial charge >= 0.3 is 0 Å². The van der Waals surface area contributed by atoms with Gasteiger partial charge in [-0.2, -0.15) is 0 Å². The molecule has 1 aromatic rings. The second-order valence-electron chi connectivity index (χ2n) is 4.21. The SMILES string of the molecule is N[C@H]1CCCC[C@H]1Nc1cccc(Cl)c1. The molecule has 1 aliphatic rings. The maximum absolute atomic E-state index is 6.07. The predicted molar refractivity (Wildman–Crippen MR) is 65.3 cm³/mol. The molecule has 3 N–H and O–H groups in total. The standard InChI is InChI=1S/C12H17ClN2/c13-9-4-3-5-10(8-9)15-12-7-2-1-6-11(12)14/h3-5,8,11-12,15H,1-2,6-7,14H2/t11-,12+/m0/s1. The van der Waals surface area contributed by atoms with Gasteiger partial charge in [0.05, 0.1) is 0 Å². The van der Waals surface area contributed by atoms with Crippen molar-refractivity contribution in [2.45, 2.75) is 37.8 Å². The van der Waals surface area contributed by atoms with Gasteiger partial charge in [0.2, 0.25) is 0 Å². The second kappa shape index (κ2) is 4.86. The highest BCUT2D eigenvalue weighted by Gasteiger charge is 2.21. The second-order valence-corrected chi connectivity index (χ2v) is 4.65. The lowest BCUT2D eigenvalue weighted by Gasteiger charge is -2.30. The van der Waals surface area contributed by atoms with Crippen LogP contribution >= 0.6 is 11.6 Å². The van der Waals surface area contributed by atoms with E-state index in [-0.39, 0.29) is 6.04 Å². The molecule has 0 aliphatic heterocycles. The van der Waals surface area contributed by atoms with Crippen molar-refractivity contribution >= 4 is 17.3 Å². The molecule has 0 aromatic heterocycles. The van der Waals surface area contributed by atoms with Gasteiger partial charge in [0.15, 0.2) is 0 Å². The third kappa shape index (κ3) is 2.86. The average Bonchev–Trinajstić information content (AvgIpc) is 2.22. The molecule has 2 atom stereocenters. The van der Waals surface area contributed by atoms with Crippen LogP contribution < -0.4 is 11.1 Å². The van der Waals surface area contributed by atoms with E-state index < -0.39 is 0 Å². The Bertz CT molecular complexity index is 327. The highest BCUT2D eigenvalue weighted by molar-refractivity contribution is 6.30. The summed E-state index contributed by atoms with van der Waals surface area (Å²) < 4.78 is 0. The Kier molecular flexibility index (Phi) is 3.49. The van der Waals surface area contributed by atoms with Crippen molar-refractivity contribution in [3.8, 4) is 0 Å². The Hall–Kier alpha value is -0.730. The molecule has 1 saturated carbocycles. The Morgan fingerprint density at radius 2 is 2.07 bits per heavy atom. The van der Waals surface area contributed by atoms with Crippen molar-refractivity contribution in [2.24, 2.45) is 5.73 Å². The van der Waals surface area contributed by atoms with Crippen LogP contribution in [0.25, 0.3) is 0 Å². The van der Waals surface area contributed by atoms with Gasteiger partial charge in [0.25, 0.3) is 0 Å². The number of nitrogens with one attached hydrogen (secondary N) is 1. The number of halogens is 1. The third-order valence-electron chi connectivity index (χ3n) is 3.00. The predicted octanol–water partition coefficient (Wildman–Crippen LogP) is 3.02. The maximum atomic E-state index is 6.07. The van der Waals surface area contributed by atoms with Crippen molar-refractivity contribution in [3.63, 3.8) is 0 Å². The Morgan fingerprint density at radius 1 is 1.27 bits per heavy atom. The minimum atomic E-state index is 0.276. The van der Waals surface area contributed by atoms with Crippen LogP contribution in [-0.2, 0) is 0 Å². The van der Waals surface area contributed by atoms with Gasteiger partial charge in [-0.05, 0) is 31.0 Å². The molecule has 0 unspecified atom stereocenters. The quantitative estimate of drug-likeness (QED) is 0.811. The first-order valence-corrected chi connectivity index (χ1v) is 5.91. The summed E-state index contributed by atoms with van der Waals surface area (Å²) in [5.41, 5.74) is 7.14. The van der Waals surface area contributed by atoms with E-state index in [1.807, 2.05) is 24.3 Å². The van der Waals surface area contributed by atoms with Crippen molar-refractivity contribution in [1.29, 1.82) is 0 Å². The molecular formula is C12H17ClN2. The molecule has 15 heavy (non-hydrogen) atoms. The lowest BCUT2D eigenvalue weighted by Crippen LogP contribution is -2.42. The molecule has 1 aliphatic carbocycles. The van der Waals surface area contributed by atoms with E-state index in [9.17, 15) is 0 Å². The van der Waals surface area contributed by atoms with Crippen LogP contribution in [0.4, 0.5) is 5.69 Å². The van der Waals surface area contributed by atoms with Gasteiger partial charge in [-0.1, -0.05) is 30.5 Å². The fourth-order valence-corrected chi connectivity index (χ4v) is 2.32. The smallest absolute Gasteiger partial charge is 0.0426 e. The summed E-state index contributed by atoms with van der Waals surface area (Å²) in [5, 5.41) is 4.23. The highest BCUT2D eigenvalue weighted by Crippen LogP contribution is 2.22. The fraction of sp³-hybridized carbons (Fsp3) is 0.500. The molecule has 0 amide bonds. The van der Waals surface area contributed by atoms with E-state index in [1.165, 1.54) is 12.8 Å². The molecule has 82 valence electrons. The maximum Gasteiger partial charge on any atom is 0.0426 e. The van der Waals surface area contributed by atoms with E-state index >= 15 is 0 Å². The summed E-state index contributed by atoms with van der Waals surface area (Å²) in [6, 6.07) is 8.50. The van der Waals surface area contributed by atoms with Crippen LogP contribution in [-0.4, -0.2) is 12.1 Å². The van der Waals surface area contributed by atoms with Gasteiger partial charge in [-0.25, -0.2) is 0 Å². The molecule has 1 fully saturated rings. The lowest BCUT2D eigenvalue weighted by molar-refractivity contribution is 0.404. The summed E-state index contributed by atoms with van der Waals surface area (Å²) in [4.78, 5) is 0. The van der Waals surface area contributed by atoms with E-state index in [4.69, 9.17) is 17.3 Å². The first-order chi connectivity index (χ1) is 7.25. The van der Waals surface area contributed by atoms with Gasteiger partial charge in [0.1, 0.15) is 0 Å². The van der Waals surface area contributed by atoms with Crippen LogP contribution in [0.15, 0.2) is 24.3 Å². The minimum absolute atomic E-state index is 0.276. The third-order valence-corrected chi connectivity index (χ3v) is 3.23. The number of anilines is 1. The molecule has 0 heterocycles. The molecule has 2 nitrogen and oxygen atoms in total. The first kappa shape index (κ1) is 10.8. The minimum Gasteiger partial charge on any atom is -0.381 e. The number of hydrogen-bond acceptors (Lipinski definition) is 2. The topological polar surface area (TPSA) is 38.0 Å². The van der Waals surface area contributed by atoms with E-state index in [0.29, 0.717) is 6.04 Å². The zero-order valence-electron chi connectivity index (χ0n) is 8.75. The molecule has 1 aromatic carbocycles. The summed E-state index contributed by atoms with van der Waals surface area (Å²) in [5.74, 6) is 0. The van der Waals surface area contributed by atoms with Crippen molar-refractivity contribution in [3.05, 3.63) is 29.3 Å². The number of nitrogens with two attached hydrogens (primary N) is 1. The van der Waals surface area contributed by atoms with E-state index in [0.717, 1.165) is 23.6 Å². The number of hydrogen-bond donors (Lipinski definition) is 2. The van der Waals surface area contributed by atoms with Crippen molar-refractivity contribution < 1.29 is 0 Å². The van der Waals surface area contributed by atoms with Gasteiger partial charge in [-0.15, -0.1) is 0 Å². The summed E-state index contributed by atoms with van der Waals surface area (Å²) >= 11 is 5.93. The zero-order chi connectivity index (χ0) is 10.7. The molecule has 3 heteroatoms. The monoisotopic (exact) mass is 224 g/mol. The zero-order valence-corrected chi connectivity index (χ0v) is 9.50. The Morgan fingerprint density at radius 3 is 2.80 bits per heavy atom. The van der Waals surface area contributed by atoms with E-state index in [1.54, 1.807) is 0 Å². The normalized spacial score (nSPS) is 26.3. The molecule has 0 saturated heterocycles. The summed E-state index contributed by atoms with van der Waals surface area (Å²) in [6.07, 6.45) is 4.81. The Labute approximate surface area is 95.8 Å². The van der Waals surface area contributed by atoms with Crippen LogP contribution in [0.2, 0.25) is 5.02 Å². The summed E-state index contributed by atoms with van der Waals surface area (Å²) in [7, 11) is 0. The van der Waals surface area contributed by atoms with E-state index in [2.05, 4.69) is 5.32 Å². The van der Waals surface area contributed by atoms with Crippen LogP contribution in [0.1, 0.15) is 25.7 Å². The molecule has 2 rings (SSSR count). The number of benzene rings is 1. The van der Waals surface area contributed by atoms with Crippen LogP contribution in [0, 0.1) is 0 Å².